The summed E-state index contributed by atoms with van der Waals surface area (Å²) >= 11 is 2.01. The Hall–Kier alpha value is -0.550. The third-order valence-corrected chi connectivity index (χ3v) is 6.17. The van der Waals surface area contributed by atoms with Gasteiger partial charge >= 0.3 is 0 Å². The van der Waals surface area contributed by atoms with Crippen LogP contribution in [0.25, 0.3) is 0 Å². The minimum Gasteiger partial charge on any atom is -0.339 e. The normalized spacial score (nSPS) is 27.3. The highest BCUT2D eigenvalue weighted by atomic mass is 32.2. The van der Waals surface area contributed by atoms with E-state index in [0.29, 0.717) is 12.0 Å². The number of hydrogen-bond donors (Lipinski definition) is 1. The maximum Gasteiger partial charge on any atom is 0.229 e. The predicted octanol–water partition coefficient (Wildman–Crippen LogP) is 3.88. The van der Waals surface area contributed by atoms with E-state index in [1.54, 1.807) is 0 Å². The van der Waals surface area contributed by atoms with E-state index in [-0.39, 0.29) is 0 Å². The van der Waals surface area contributed by atoms with Crippen molar-refractivity contribution in [1.29, 1.82) is 0 Å². The van der Waals surface area contributed by atoms with Crippen molar-refractivity contribution < 1.29 is 4.52 Å². The Bertz CT molecular complexity index is 423. The Morgan fingerprint density at radius 1 is 1.14 bits per heavy atom. The van der Waals surface area contributed by atoms with Gasteiger partial charge in [0.15, 0.2) is 5.82 Å². The Labute approximate surface area is 131 Å². The van der Waals surface area contributed by atoms with E-state index in [4.69, 9.17) is 4.52 Å². The molecule has 0 aliphatic heterocycles. The molecule has 2 aliphatic carbocycles. The molecule has 5 heteroatoms. The Kier molecular flexibility index (Phi) is 5.58. The third-order valence-electron chi connectivity index (χ3n) is 4.80. The third kappa shape index (κ3) is 4.22. The standard InChI is InChI=1S/C16H27N3OS/c1-2-17-13-9-7-12(8-10-13)16-18-15(19-20-16)11-21-14-5-3-4-6-14/h12-14,17H,2-11H2,1H3. The summed E-state index contributed by atoms with van der Waals surface area (Å²) in [7, 11) is 0. The van der Waals surface area contributed by atoms with Crippen molar-refractivity contribution in [3.05, 3.63) is 11.7 Å². The summed E-state index contributed by atoms with van der Waals surface area (Å²) < 4.78 is 5.52. The number of rotatable bonds is 6. The van der Waals surface area contributed by atoms with Crippen LogP contribution in [0.5, 0.6) is 0 Å². The molecule has 1 heterocycles. The molecular formula is C16H27N3OS. The van der Waals surface area contributed by atoms with Gasteiger partial charge in [-0.15, -0.1) is 0 Å². The second-order valence-electron chi connectivity index (χ2n) is 6.37. The first kappa shape index (κ1) is 15.3. The predicted molar refractivity (Wildman–Crippen MR) is 86.5 cm³/mol. The van der Waals surface area contributed by atoms with Gasteiger partial charge in [-0.05, 0) is 45.1 Å². The van der Waals surface area contributed by atoms with Crippen LogP contribution in [0.4, 0.5) is 0 Å². The van der Waals surface area contributed by atoms with Gasteiger partial charge in [0.05, 0.1) is 5.75 Å². The summed E-state index contributed by atoms with van der Waals surface area (Å²) in [6.07, 6.45) is 10.3. The largest absolute Gasteiger partial charge is 0.339 e. The molecule has 21 heavy (non-hydrogen) atoms. The van der Waals surface area contributed by atoms with Gasteiger partial charge in [-0.1, -0.05) is 24.9 Å². The minimum absolute atomic E-state index is 0.484. The van der Waals surface area contributed by atoms with Gasteiger partial charge in [-0.2, -0.15) is 16.7 Å². The summed E-state index contributed by atoms with van der Waals surface area (Å²) in [4.78, 5) is 4.65. The topological polar surface area (TPSA) is 51.0 Å². The van der Waals surface area contributed by atoms with Crippen LogP contribution in [0.2, 0.25) is 0 Å². The average molecular weight is 309 g/mol. The molecule has 0 amide bonds. The van der Waals surface area contributed by atoms with Gasteiger partial charge in [0.25, 0.3) is 0 Å². The second kappa shape index (κ2) is 7.63. The molecule has 4 nitrogen and oxygen atoms in total. The van der Waals surface area contributed by atoms with Crippen molar-refractivity contribution in [2.75, 3.05) is 6.54 Å². The number of aromatic nitrogens is 2. The van der Waals surface area contributed by atoms with E-state index in [1.165, 1.54) is 51.4 Å². The first-order valence-electron chi connectivity index (χ1n) is 8.52. The fourth-order valence-corrected chi connectivity index (χ4v) is 4.74. The summed E-state index contributed by atoms with van der Waals surface area (Å²) in [5.74, 6) is 3.18. The van der Waals surface area contributed by atoms with Crippen LogP contribution >= 0.6 is 11.8 Å². The Morgan fingerprint density at radius 3 is 2.62 bits per heavy atom. The van der Waals surface area contributed by atoms with Crippen molar-refractivity contribution in [3.8, 4) is 0 Å². The van der Waals surface area contributed by atoms with Crippen LogP contribution < -0.4 is 5.32 Å². The van der Waals surface area contributed by atoms with Crippen molar-refractivity contribution in [1.82, 2.24) is 15.5 Å². The lowest BCUT2D eigenvalue weighted by Gasteiger charge is -2.26. The molecule has 3 rings (SSSR count). The van der Waals surface area contributed by atoms with Crippen LogP contribution in [0.15, 0.2) is 4.52 Å². The molecule has 0 saturated heterocycles. The molecule has 1 aromatic rings. The van der Waals surface area contributed by atoms with Gasteiger partial charge in [-0.25, -0.2) is 0 Å². The fourth-order valence-electron chi connectivity index (χ4n) is 3.57. The van der Waals surface area contributed by atoms with E-state index >= 15 is 0 Å². The zero-order chi connectivity index (χ0) is 14.5. The lowest BCUT2D eigenvalue weighted by Crippen LogP contribution is -2.32. The molecule has 2 fully saturated rings. The summed E-state index contributed by atoms with van der Waals surface area (Å²) in [6, 6.07) is 0.687. The van der Waals surface area contributed by atoms with Crippen molar-refractivity contribution in [2.24, 2.45) is 0 Å². The highest BCUT2D eigenvalue weighted by molar-refractivity contribution is 7.99. The quantitative estimate of drug-likeness (QED) is 0.864. The maximum absolute atomic E-state index is 5.52. The smallest absolute Gasteiger partial charge is 0.229 e. The van der Waals surface area contributed by atoms with Gasteiger partial charge < -0.3 is 9.84 Å². The zero-order valence-electron chi connectivity index (χ0n) is 13.0. The molecule has 0 unspecified atom stereocenters. The molecule has 0 aromatic carbocycles. The van der Waals surface area contributed by atoms with Crippen LogP contribution in [-0.4, -0.2) is 28.0 Å². The summed E-state index contributed by atoms with van der Waals surface area (Å²) in [5, 5.41) is 8.55. The molecule has 118 valence electrons. The molecule has 0 atom stereocenters. The van der Waals surface area contributed by atoms with Crippen LogP contribution in [0.1, 0.15) is 75.9 Å². The SMILES string of the molecule is CCNC1CCC(c2nc(CSC3CCCC3)no2)CC1. The van der Waals surface area contributed by atoms with Gasteiger partial charge in [0.2, 0.25) is 5.89 Å². The second-order valence-corrected chi connectivity index (χ2v) is 7.66. The lowest BCUT2D eigenvalue weighted by atomic mass is 9.86. The van der Waals surface area contributed by atoms with Gasteiger partial charge in [0.1, 0.15) is 0 Å². The van der Waals surface area contributed by atoms with E-state index in [0.717, 1.165) is 29.3 Å². The molecule has 1 aromatic heterocycles. The number of nitrogens with one attached hydrogen (secondary N) is 1. The van der Waals surface area contributed by atoms with Crippen LogP contribution in [0, 0.1) is 0 Å². The first-order valence-corrected chi connectivity index (χ1v) is 9.57. The van der Waals surface area contributed by atoms with E-state index in [2.05, 4.69) is 22.4 Å². The molecule has 1 N–H and O–H groups in total. The Balaban J connectivity index is 1.46. The zero-order valence-corrected chi connectivity index (χ0v) is 13.8. The molecule has 0 bridgehead atoms. The van der Waals surface area contributed by atoms with Gasteiger partial charge in [0, 0.05) is 17.2 Å². The fraction of sp³-hybridized carbons (Fsp3) is 0.875. The van der Waals surface area contributed by atoms with E-state index < -0.39 is 0 Å². The molecule has 0 spiro atoms. The molecule has 2 saturated carbocycles. The van der Waals surface area contributed by atoms with Crippen LogP contribution in [0.3, 0.4) is 0 Å². The summed E-state index contributed by atoms with van der Waals surface area (Å²) in [6.45, 7) is 3.25. The molecule has 2 aliphatic rings. The van der Waals surface area contributed by atoms with Crippen molar-refractivity contribution in [3.63, 3.8) is 0 Å². The monoisotopic (exact) mass is 309 g/mol. The summed E-state index contributed by atoms with van der Waals surface area (Å²) in [5.41, 5.74) is 0. The molecular weight excluding hydrogens is 282 g/mol. The highest BCUT2D eigenvalue weighted by Crippen LogP contribution is 2.33. The van der Waals surface area contributed by atoms with Crippen molar-refractivity contribution in [2.45, 2.75) is 81.3 Å². The minimum atomic E-state index is 0.484. The highest BCUT2D eigenvalue weighted by Gasteiger charge is 2.26. The first-order chi connectivity index (χ1) is 10.3. The van der Waals surface area contributed by atoms with E-state index in [9.17, 15) is 0 Å². The van der Waals surface area contributed by atoms with Gasteiger partial charge in [-0.3, -0.25) is 0 Å². The maximum atomic E-state index is 5.52. The number of hydrogen-bond acceptors (Lipinski definition) is 5. The average Bonchev–Trinajstić information content (AvgIpc) is 3.18. The van der Waals surface area contributed by atoms with Crippen molar-refractivity contribution >= 4 is 11.8 Å². The number of thioether (sulfide) groups is 1. The molecule has 0 radical (unpaired) electrons. The number of nitrogens with zero attached hydrogens (tertiary/aromatic N) is 2. The Morgan fingerprint density at radius 2 is 1.90 bits per heavy atom. The van der Waals surface area contributed by atoms with E-state index in [1.807, 2.05) is 11.8 Å². The van der Waals surface area contributed by atoms with Crippen LogP contribution in [-0.2, 0) is 5.75 Å². The lowest BCUT2D eigenvalue weighted by molar-refractivity contribution is 0.284.